The summed E-state index contributed by atoms with van der Waals surface area (Å²) in [5, 5.41) is 2.95. The molecule has 1 unspecified atom stereocenters. The molecule has 2 heterocycles. The second kappa shape index (κ2) is 8.81. The molecule has 2 aromatic rings. The van der Waals surface area contributed by atoms with Crippen molar-refractivity contribution in [3.05, 3.63) is 35.7 Å². The van der Waals surface area contributed by atoms with Gasteiger partial charge in [0.25, 0.3) is 11.8 Å². The average molecular weight is 390 g/mol. The third kappa shape index (κ3) is 4.73. The monoisotopic (exact) mass is 390 g/mol. The molecule has 0 radical (unpaired) electrons. The number of likely N-dealkylation sites (tertiary alicyclic amines) is 1. The molecule has 1 fully saturated rings. The van der Waals surface area contributed by atoms with E-state index in [1.165, 1.54) is 6.20 Å². The minimum absolute atomic E-state index is 0.0997. The molecule has 1 N–H and O–H groups in total. The van der Waals surface area contributed by atoms with Crippen LogP contribution in [-0.4, -0.2) is 59.3 Å². The van der Waals surface area contributed by atoms with Crippen molar-refractivity contribution in [2.45, 2.75) is 12.8 Å². The highest BCUT2D eigenvalue weighted by molar-refractivity contribution is 6.99. The van der Waals surface area contributed by atoms with Gasteiger partial charge in [-0.1, -0.05) is 0 Å². The van der Waals surface area contributed by atoms with Crippen LogP contribution in [0.2, 0.25) is 0 Å². The first kappa shape index (κ1) is 19.1. The number of methoxy groups -OCH3 is 2. The molecule has 0 aliphatic carbocycles. The van der Waals surface area contributed by atoms with Gasteiger partial charge in [-0.15, -0.1) is 0 Å². The molecule has 1 aliphatic heterocycles. The van der Waals surface area contributed by atoms with Crippen LogP contribution in [0.1, 0.15) is 33.7 Å². The number of piperidine rings is 1. The summed E-state index contributed by atoms with van der Waals surface area (Å²) in [4.78, 5) is 26.7. The molecular weight excluding hydrogens is 368 g/mol. The van der Waals surface area contributed by atoms with E-state index in [4.69, 9.17) is 9.47 Å². The van der Waals surface area contributed by atoms with E-state index in [0.29, 0.717) is 42.4 Å². The van der Waals surface area contributed by atoms with E-state index in [1.807, 2.05) is 0 Å². The molecule has 144 valence electrons. The first-order valence-electron chi connectivity index (χ1n) is 8.69. The standard InChI is InChI=1S/C18H22N4O4S/c1-25-14-6-13(7-15(8-14)26-2)17(23)19-9-12-4-3-5-22(11-12)18(24)16-10-20-27-21-16/h6-8,10,12H,3-5,9,11H2,1-2H3,(H,19,23). The molecule has 1 aromatic heterocycles. The SMILES string of the molecule is COc1cc(OC)cc(C(=O)NCC2CCCN(C(=O)c3cnsn3)C2)c1. The van der Waals surface area contributed by atoms with Gasteiger partial charge < -0.3 is 19.7 Å². The Morgan fingerprint density at radius 2 is 2.00 bits per heavy atom. The van der Waals surface area contributed by atoms with Crippen molar-refractivity contribution >= 4 is 23.5 Å². The van der Waals surface area contributed by atoms with Crippen molar-refractivity contribution in [2.75, 3.05) is 33.9 Å². The molecule has 27 heavy (non-hydrogen) atoms. The van der Waals surface area contributed by atoms with Gasteiger partial charge in [-0.2, -0.15) is 8.75 Å². The van der Waals surface area contributed by atoms with E-state index >= 15 is 0 Å². The molecular formula is C18H22N4O4S. The Morgan fingerprint density at radius 3 is 2.63 bits per heavy atom. The lowest BCUT2D eigenvalue weighted by atomic mass is 9.97. The van der Waals surface area contributed by atoms with Gasteiger partial charge in [0.05, 0.1) is 32.1 Å². The highest BCUT2D eigenvalue weighted by Gasteiger charge is 2.26. The largest absolute Gasteiger partial charge is 0.497 e. The Balaban J connectivity index is 1.58. The van der Waals surface area contributed by atoms with Crippen LogP contribution in [0.15, 0.2) is 24.4 Å². The first-order chi connectivity index (χ1) is 13.1. The number of carbonyl (C=O) groups excluding carboxylic acids is 2. The summed E-state index contributed by atoms with van der Waals surface area (Å²) in [6, 6.07) is 5.06. The summed E-state index contributed by atoms with van der Waals surface area (Å²) in [5.41, 5.74) is 0.858. The molecule has 1 atom stereocenters. The predicted molar refractivity (Wildman–Crippen MR) is 100 cm³/mol. The molecule has 0 saturated carbocycles. The Morgan fingerprint density at radius 1 is 1.26 bits per heavy atom. The number of hydrogen-bond donors (Lipinski definition) is 1. The minimum atomic E-state index is -0.195. The van der Waals surface area contributed by atoms with E-state index in [9.17, 15) is 9.59 Å². The summed E-state index contributed by atoms with van der Waals surface area (Å²) in [6.45, 7) is 1.80. The van der Waals surface area contributed by atoms with E-state index in [0.717, 1.165) is 24.6 Å². The minimum Gasteiger partial charge on any atom is -0.497 e. The van der Waals surface area contributed by atoms with Crippen LogP contribution in [0.4, 0.5) is 0 Å². The van der Waals surface area contributed by atoms with Crippen molar-refractivity contribution in [1.29, 1.82) is 0 Å². The summed E-state index contributed by atoms with van der Waals surface area (Å²) < 4.78 is 18.3. The quantitative estimate of drug-likeness (QED) is 0.809. The number of nitrogens with one attached hydrogen (secondary N) is 1. The zero-order valence-electron chi connectivity index (χ0n) is 15.3. The fraction of sp³-hybridized carbons (Fsp3) is 0.444. The lowest BCUT2D eigenvalue weighted by Gasteiger charge is -2.32. The van der Waals surface area contributed by atoms with Crippen LogP contribution in [0.3, 0.4) is 0 Å². The fourth-order valence-electron chi connectivity index (χ4n) is 3.11. The molecule has 0 spiro atoms. The lowest BCUT2D eigenvalue weighted by molar-refractivity contribution is 0.0666. The third-order valence-corrected chi connectivity index (χ3v) is 5.03. The van der Waals surface area contributed by atoms with Crippen molar-refractivity contribution < 1.29 is 19.1 Å². The fourth-order valence-corrected chi connectivity index (χ4v) is 3.52. The molecule has 3 rings (SSSR count). The number of aromatic nitrogens is 2. The van der Waals surface area contributed by atoms with E-state index < -0.39 is 0 Å². The molecule has 2 amide bonds. The van der Waals surface area contributed by atoms with E-state index in [2.05, 4.69) is 14.1 Å². The topological polar surface area (TPSA) is 93.7 Å². The van der Waals surface area contributed by atoms with Gasteiger partial charge in [0.1, 0.15) is 11.5 Å². The molecule has 1 saturated heterocycles. The lowest BCUT2D eigenvalue weighted by Crippen LogP contribution is -2.43. The number of carbonyl (C=O) groups is 2. The second-order valence-corrected chi connectivity index (χ2v) is 6.92. The van der Waals surface area contributed by atoms with E-state index in [-0.39, 0.29) is 17.7 Å². The van der Waals surface area contributed by atoms with Gasteiger partial charge >= 0.3 is 0 Å². The molecule has 1 aromatic carbocycles. The van der Waals surface area contributed by atoms with Gasteiger partial charge in [-0.3, -0.25) is 9.59 Å². The van der Waals surface area contributed by atoms with Crippen LogP contribution in [0.25, 0.3) is 0 Å². The Bertz CT molecular complexity index is 774. The smallest absolute Gasteiger partial charge is 0.275 e. The van der Waals surface area contributed by atoms with E-state index in [1.54, 1.807) is 37.3 Å². The Hall–Kier alpha value is -2.68. The number of ether oxygens (including phenoxy) is 2. The van der Waals surface area contributed by atoms with Gasteiger partial charge in [-0.05, 0) is 30.9 Å². The van der Waals surface area contributed by atoms with Gasteiger partial charge in [0.2, 0.25) is 0 Å². The predicted octanol–water partition coefficient (Wildman–Crippen LogP) is 1.84. The van der Waals surface area contributed by atoms with Crippen molar-refractivity contribution in [3.63, 3.8) is 0 Å². The highest BCUT2D eigenvalue weighted by Crippen LogP contribution is 2.23. The summed E-state index contributed by atoms with van der Waals surface area (Å²) >= 11 is 1.03. The van der Waals surface area contributed by atoms with Crippen molar-refractivity contribution in [3.8, 4) is 11.5 Å². The van der Waals surface area contributed by atoms with Crippen molar-refractivity contribution in [2.24, 2.45) is 5.92 Å². The van der Waals surface area contributed by atoms with Crippen molar-refractivity contribution in [1.82, 2.24) is 19.0 Å². The molecule has 0 bridgehead atoms. The summed E-state index contributed by atoms with van der Waals surface area (Å²) in [7, 11) is 3.09. The van der Waals surface area contributed by atoms with Crippen LogP contribution in [-0.2, 0) is 0 Å². The number of nitrogens with zero attached hydrogens (tertiary/aromatic N) is 3. The summed E-state index contributed by atoms with van der Waals surface area (Å²) in [6.07, 6.45) is 3.35. The maximum absolute atomic E-state index is 12.5. The number of benzene rings is 1. The number of amides is 2. The molecule has 9 heteroatoms. The Labute approximate surface area is 161 Å². The highest BCUT2D eigenvalue weighted by atomic mass is 32.1. The van der Waals surface area contributed by atoms with Crippen LogP contribution in [0.5, 0.6) is 11.5 Å². The van der Waals surface area contributed by atoms with Crippen LogP contribution < -0.4 is 14.8 Å². The zero-order chi connectivity index (χ0) is 19.2. The van der Waals surface area contributed by atoms with Gasteiger partial charge in [0.15, 0.2) is 5.69 Å². The van der Waals surface area contributed by atoms with Crippen LogP contribution >= 0.6 is 11.7 Å². The molecule has 8 nitrogen and oxygen atoms in total. The zero-order valence-corrected chi connectivity index (χ0v) is 16.1. The van der Waals surface area contributed by atoms with Gasteiger partial charge in [0, 0.05) is 31.3 Å². The van der Waals surface area contributed by atoms with Gasteiger partial charge in [-0.25, -0.2) is 0 Å². The Kier molecular flexibility index (Phi) is 6.23. The first-order valence-corrected chi connectivity index (χ1v) is 9.42. The average Bonchev–Trinajstić information content (AvgIpc) is 3.26. The number of rotatable bonds is 6. The van der Waals surface area contributed by atoms with Crippen LogP contribution in [0, 0.1) is 5.92 Å². The normalized spacial score (nSPS) is 16.7. The maximum Gasteiger partial charge on any atom is 0.275 e. The maximum atomic E-state index is 12.5. The number of hydrogen-bond acceptors (Lipinski definition) is 7. The molecule has 1 aliphatic rings. The third-order valence-electron chi connectivity index (χ3n) is 4.55. The summed E-state index contributed by atoms with van der Waals surface area (Å²) in [5.74, 6) is 1.03. The second-order valence-electron chi connectivity index (χ2n) is 6.36.